The lowest BCUT2D eigenvalue weighted by molar-refractivity contribution is -0.0304. The van der Waals surface area contributed by atoms with Crippen LogP contribution in [-0.2, 0) is 4.74 Å². The van der Waals surface area contributed by atoms with Crippen molar-refractivity contribution in [2.75, 3.05) is 7.11 Å². The fourth-order valence-corrected chi connectivity index (χ4v) is 3.90. The number of hydrogen-bond donors (Lipinski definition) is 3. The topological polar surface area (TPSA) is 114 Å². The predicted octanol–water partition coefficient (Wildman–Crippen LogP) is 3.12. The van der Waals surface area contributed by atoms with E-state index >= 15 is 0 Å². The van der Waals surface area contributed by atoms with Gasteiger partial charge in [-0.2, -0.15) is 0 Å². The number of rotatable bonds is 5. The van der Waals surface area contributed by atoms with Crippen LogP contribution < -0.4 is 10.1 Å². The molecular weight excluding hydrogens is 386 g/mol. The number of para-hydroxylation sites is 1. The minimum absolute atomic E-state index is 0.00752. The Kier molecular flexibility index (Phi) is 6.77. The van der Waals surface area contributed by atoms with Crippen LogP contribution in [0.2, 0.25) is 0 Å². The molecule has 1 fully saturated rings. The number of fused-ring (bicyclic) bond motifs is 1. The second-order valence-corrected chi connectivity index (χ2v) is 8.82. The third kappa shape index (κ3) is 5.37. The molecule has 3 rings (SSSR count). The number of hydrogen-bond acceptors (Lipinski definition) is 7. The molecular formula is C22H31N3O5. The number of nitrogens with zero attached hydrogens (tertiary/aromatic N) is 2. The zero-order chi connectivity index (χ0) is 21.9. The van der Waals surface area contributed by atoms with Gasteiger partial charge < -0.3 is 25.0 Å². The minimum Gasteiger partial charge on any atom is -0.480 e. The summed E-state index contributed by atoms with van der Waals surface area (Å²) in [5.74, 6) is 0.274. The summed E-state index contributed by atoms with van der Waals surface area (Å²) in [6.45, 7) is 5.48. The summed E-state index contributed by atoms with van der Waals surface area (Å²) in [5.41, 5.74) is 1.14. The average molecular weight is 418 g/mol. The molecule has 0 aliphatic heterocycles. The number of methoxy groups -OCH3 is 1. The van der Waals surface area contributed by atoms with Crippen LogP contribution in [0.3, 0.4) is 0 Å². The fraction of sp³-hybridized carbons (Fsp3) is 0.591. The van der Waals surface area contributed by atoms with Gasteiger partial charge in [0.05, 0.1) is 30.4 Å². The first-order valence-corrected chi connectivity index (χ1v) is 10.3. The van der Waals surface area contributed by atoms with Crippen LogP contribution in [0.15, 0.2) is 24.4 Å². The zero-order valence-corrected chi connectivity index (χ0v) is 18.0. The van der Waals surface area contributed by atoms with Crippen molar-refractivity contribution in [1.82, 2.24) is 15.3 Å². The van der Waals surface area contributed by atoms with E-state index in [0.717, 1.165) is 12.8 Å². The van der Waals surface area contributed by atoms with Crippen LogP contribution in [0, 0.1) is 5.92 Å². The van der Waals surface area contributed by atoms with Crippen molar-refractivity contribution < 1.29 is 24.5 Å². The summed E-state index contributed by atoms with van der Waals surface area (Å²) in [5, 5.41) is 24.7. The van der Waals surface area contributed by atoms with E-state index < -0.39 is 23.9 Å². The van der Waals surface area contributed by atoms with E-state index in [1.807, 2.05) is 20.8 Å². The average Bonchev–Trinajstić information content (AvgIpc) is 2.71. The molecule has 1 amide bonds. The number of aromatic nitrogens is 2. The smallest absolute Gasteiger partial charge is 0.407 e. The Morgan fingerprint density at radius 3 is 2.53 bits per heavy atom. The highest BCUT2D eigenvalue weighted by Gasteiger charge is 2.33. The SMILES string of the molecule is COc1cnc2cccc([C@H](O)[C@@H](O)[C@H]3CC[C@H](NC(=O)OC(C)(C)C)CC3)c2n1. The molecule has 2 aromatic rings. The highest BCUT2D eigenvalue weighted by molar-refractivity contribution is 5.78. The molecule has 1 heterocycles. The maximum atomic E-state index is 12.0. The van der Waals surface area contributed by atoms with Gasteiger partial charge in [0.25, 0.3) is 0 Å². The summed E-state index contributed by atoms with van der Waals surface area (Å²) in [6.07, 6.45) is 1.90. The zero-order valence-electron chi connectivity index (χ0n) is 18.0. The maximum absolute atomic E-state index is 12.0. The summed E-state index contributed by atoms with van der Waals surface area (Å²) in [7, 11) is 1.51. The Morgan fingerprint density at radius 1 is 1.20 bits per heavy atom. The molecule has 3 N–H and O–H groups in total. The van der Waals surface area contributed by atoms with E-state index in [2.05, 4.69) is 15.3 Å². The van der Waals surface area contributed by atoms with Crippen molar-refractivity contribution >= 4 is 17.1 Å². The molecule has 1 aliphatic rings. The fourth-order valence-electron chi connectivity index (χ4n) is 3.90. The Hall–Kier alpha value is -2.45. The molecule has 164 valence electrons. The lowest BCUT2D eigenvalue weighted by Gasteiger charge is -2.34. The largest absolute Gasteiger partial charge is 0.480 e. The summed E-state index contributed by atoms with van der Waals surface area (Å²) in [4.78, 5) is 20.7. The van der Waals surface area contributed by atoms with Crippen LogP contribution >= 0.6 is 0 Å². The molecule has 8 nitrogen and oxygen atoms in total. The van der Waals surface area contributed by atoms with Gasteiger partial charge in [0.15, 0.2) is 0 Å². The normalized spacial score (nSPS) is 21.7. The van der Waals surface area contributed by atoms with Crippen molar-refractivity contribution in [3.8, 4) is 5.88 Å². The first-order valence-electron chi connectivity index (χ1n) is 10.3. The molecule has 0 saturated heterocycles. The van der Waals surface area contributed by atoms with Crippen molar-refractivity contribution in [1.29, 1.82) is 0 Å². The quantitative estimate of drug-likeness (QED) is 0.685. The van der Waals surface area contributed by atoms with E-state index in [1.54, 1.807) is 18.2 Å². The van der Waals surface area contributed by atoms with Gasteiger partial charge in [0, 0.05) is 11.6 Å². The van der Waals surface area contributed by atoms with Crippen LogP contribution in [0.25, 0.3) is 11.0 Å². The number of alkyl carbamates (subject to hydrolysis) is 1. The molecule has 1 aliphatic carbocycles. The number of carbonyl (C=O) groups excluding carboxylic acids is 1. The van der Waals surface area contributed by atoms with Crippen LogP contribution in [-0.4, -0.2) is 51.1 Å². The van der Waals surface area contributed by atoms with Gasteiger partial charge in [-0.15, -0.1) is 0 Å². The first kappa shape index (κ1) is 22.2. The first-order chi connectivity index (χ1) is 14.2. The molecule has 0 spiro atoms. The predicted molar refractivity (Wildman–Crippen MR) is 112 cm³/mol. The Balaban J connectivity index is 1.63. The van der Waals surface area contributed by atoms with E-state index in [0.29, 0.717) is 35.3 Å². The number of ether oxygens (including phenoxy) is 2. The summed E-state index contributed by atoms with van der Waals surface area (Å²) < 4.78 is 10.5. The third-order valence-electron chi connectivity index (χ3n) is 5.41. The van der Waals surface area contributed by atoms with E-state index in [1.165, 1.54) is 13.3 Å². The van der Waals surface area contributed by atoms with Crippen LogP contribution in [0.1, 0.15) is 58.1 Å². The van der Waals surface area contributed by atoms with Crippen molar-refractivity contribution in [3.05, 3.63) is 30.0 Å². The maximum Gasteiger partial charge on any atom is 0.407 e. The Morgan fingerprint density at radius 2 is 1.90 bits per heavy atom. The minimum atomic E-state index is -1.09. The van der Waals surface area contributed by atoms with Gasteiger partial charge in [-0.1, -0.05) is 12.1 Å². The lowest BCUT2D eigenvalue weighted by atomic mass is 9.80. The standard InChI is InChI=1S/C22H31N3O5/c1-22(2,3)30-21(28)24-14-10-8-13(9-11-14)19(26)20(27)15-6-5-7-16-18(15)25-17(29-4)12-23-16/h5-7,12-14,19-20,26-27H,8-11H2,1-4H3,(H,24,28)/t13-,14-,19-,20-/m0/s1. The second-order valence-electron chi connectivity index (χ2n) is 8.82. The number of benzene rings is 1. The molecule has 8 heteroatoms. The molecule has 30 heavy (non-hydrogen) atoms. The van der Waals surface area contributed by atoms with Crippen LogP contribution in [0.4, 0.5) is 4.79 Å². The molecule has 1 aromatic carbocycles. The van der Waals surface area contributed by atoms with Crippen molar-refractivity contribution in [2.24, 2.45) is 5.92 Å². The third-order valence-corrected chi connectivity index (χ3v) is 5.41. The molecule has 0 unspecified atom stereocenters. The van der Waals surface area contributed by atoms with E-state index in [9.17, 15) is 15.0 Å². The van der Waals surface area contributed by atoms with E-state index in [4.69, 9.17) is 9.47 Å². The number of amides is 1. The van der Waals surface area contributed by atoms with Crippen molar-refractivity contribution in [3.63, 3.8) is 0 Å². The lowest BCUT2D eigenvalue weighted by Crippen LogP contribution is -2.42. The van der Waals surface area contributed by atoms with Gasteiger partial charge in [0.2, 0.25) is 5.88 Å². The number of nitrogens with one attached hydrogen (secondary N) is 1. The Labute approximate surface area is 176 Å². The summed E-state index contributed by atoms with van der Waals surface area (Å²) >= 11 is 0. The van der Waals surface area contributed by atoms with Gasteiger partial charge in [-0.3, -0.25) is 0 Å². The Bertz CT molecular complexity index is 875. The molecule has 2 atom stereocenters. The van der Waals surface area contributed by atoms with Gasteiger partial charge >= 0.3 is 6.09 Å². The molecule has 1 saturated carbocycles. The number of carbonyl (C=O) groups is 1. The van der Waals surface area contributed by atoms with Gasteiger partial charge in [-0.05, 0) is 58.4 Å². The molecule has 1 aromatic heterocycles. The number of aliphatic hydroxyl groups is 2. The molecule has 0 bridgehead atoms. The second kappa shape index (κ2) is 9.14. The number of aliphatic hydroxyl groups excluding tert-OH is 2. The van der Waals surface area contributed by atoms with Gasteiger partial charge in [0.1, 0.15) is 11.7 Å². The van der Waals surface area contributed by atoms with E-state index in [-0.39, 0.29) is 12.0 Å². The molecule has 0 radical (unpaired) electrons. The van der Waals surface area contributed by atoms with Crippen molar-refractivity contribution in [2.45, 2.75) is 70.3 Å². The monoisotopic (exact) mass is 417 g/mol. The highest BCUT2D eigenvalue weighted by atomic mass is 16.6. The van der Waals surface area contributed by atoms with Gasteiger partial charge in [-0.25, -0.2) is 14.8 Å². The van der Waals surface area contributed by atoms with Crippen LogP contribution in [0.5, 0.6) is 5.88 Å². The highest BCUT2D eigenvalue weighted by Crippen LogP contribution is 2.34. The summed E-state index contributed by atoms with van der Waals surface area (Å²) in [6, 6.07) is 5.35.